The number of piperazine rings is 1. The molecule has 0 bridgehead atoms. The molecule has 0 amide bonds. The van der Waals surface area contributed by atoms with Crippen molar-refractivity contribution in [1.29, 1.82) is 0 Å². The van der Waals surface area contributed by atoms with Gasteiger partial charge in [-0.15, -0.1) is 11.3 Å². The maximum atomic E-state index is 13.4. The molecule has 2 aliphatic rings. The van der Waals surface area contributed by atoms with Crippen molar-refractivity contribution >= 4 is 37.5 Å². The molecule has 1 aliphatic carbocycles. The molecule has 0 radical (unpaired) electrons. The largest absolute Gasteiger partial charge is 0.339 e. The molecule has 0 spiro atoms. The van der Waals surface area contributed by atoms with Gasteiger partial charge in [-0.05, 0) is 44.6 Å². The lowest BCUT2D eigenvalue weighted by atomic mass is 9.97. The van der Waals surface area contributed by atoms with Crippen molar-refractivity contribution in [2.45, 2.75) is 52.5 Å². The number of anilines is 1. The number of nitrogens with zero attached hydrogens (tertiary/aromatic N) is 4. The Kier molecular flexibility index (Phi) is 5.50. The molecule has 0 N–H and O–H groups in total. The average molecular weight is 425 g/mol. The van der Waals surface area contributed by atoms with Crippen LogP contribution in [0.3, 0.4) is 0 Å². The second-order valence-corrected chi connectivity index (χ2v) is 10.9. The molecule has 3 heterocycles. The molecule has 1 saturated heterocycles. The number of fused-ring (bicyclic) bond motifs is 3. The van der Waals surface area contributed by atoms with Crippen LogP contribution >= 0.6 is 11.3 Å². The Labute approximate surface area is 170 Å². The lowest BCUT2D eigenvalue weighted by Gasteiger charge is -2.35. The Bertz CT molecular complexity index is 1030. The van der Waals surface area contributed by atoms with Crippen LogP contribution in [0, 0.1) is 0 Å². The molecule has 2 aromatic rings. The van der Waals surface area contributed by atoms with Crippen molar-refractivity contribution in [2.75, 3.05) is 36.8 Å². The summed E-state index contributed by atoms with van der Waals surface area (Å²) in [6.45, 7) is 6.38. The van der Waals surface area contributed by atoms with Gasteiger partial charge in [0.1, 0.15) is 4.83 Å². The SMILES string of the molecule is CCCn1c(N2CCN(S(=O)(=O)CC)CC2)nc2sc3c(c2c1=O)CCCC3. The van der Waals surface area contributed by atoms with Crippen molar-refractivity contribution in [1.82, 2.24) is 13.9 Å². The Morgan fingerprint density at radius 2 is 1.79 bits per heavy atom. The summed E-state index contributed by atoms with van der Waals surface area (Å²) in [4.78, 5) is 22.6. The van der Waals surface area contributed by atoms with E-state index in [9.17, 15) is 13.2 Å². The summed E-state index contributed by atoms with van der Waals surface area (Å²) in [6.07, 6.45) is 5.21. The average Bonchev–Trinajstić information content (AvgIpc) is 3.09. The van der Waals surface area contributed by atoms with Gasteiger partial charge < -0.3 is 4.90 Å². The Hall–Kier alpha value is -1.45. The summed E-state index contributed by atoms with van der Waals surface area (Å²) >= 11 is 1.67. The van der Waals surface area contributed by atoms with Gasteiger partial charge in [-0.3, -0.25) is 9.36 Å². The van der Waals surface area contributed by atoms with Crippen LogP contribution in [0.1, 0.15) is 43.6 Å². The van der Waals surface area contributed by atoms with E-state index < -0.39 is 10.0 Å². The highest BCUT2D eigenvalue weighted by molar-refractivity contribution is 7.89. The molecular weight excluding hydrogens is 396 g/mol. The minimum Gasteiger partial charge on any atom is -0.339 e. The van der Waals surface area contributed by atoms with Gasteiger partial charge in [-0.25, -0.2) is 13.4 Å². The zero-order valence-electron chi connectivity index (χ0n) is 16.6. The maximum absolute atomic E-state index is 13.4. The van der Waals surface area contributed by atoms with E-state index in [1.54, 1.807) is 22.6 Å². The summed E-state index contributed by atoms with van der Waals surface area (Å²) < 4.78 is 27.7. The predicted octanol–water partition coefficient (Wildman–Crippen LogP) is 2.22. The maximum Gasteiger partial charge on any atom is 0.263 e. The zero-order valence-corrected chi connectivity index (χ0v) is 18.2. The van der Waals surface area contributed by atoms with Crippen LogP contribution in [0.5, 0.6) is 0 Å². The number of aromatic nitrogens is 2. The standard InChI is InChI=1S/C19H28N4O3S2/c1-3-9-23-18(24)16-14-7-5-6-8-15(14)27-17(16)20-19(23)21-10-12-22(13-11-21)28(25,26)4-2/h3-13H2,1-2H3. The molecule has 28 heavy (non-hydrogen) atoms. The molecule has 9 heteroatoms. The summed E-state index contributed by atoms with van der Waals surface area (Å²) in [7, 11) is -3.17. The van der Waals surface area contributed by atoms with Gasteiger partial charge in [0.05, 0.1) is 11.1 Å². The van der Waals surface area contributed by atoms with Crippen molar-refractivity contribution in [3.8, 4) is 0 Å². The van der Waals surface area contributed by atoms with Crippen LogP contribution in [0.2, 0.25) is 0 Å². The first-order chi connectivity index (χ1) is 13.5. The van der Waals surface area contributed by atoms with Crippen molar-refractivity contribution in [3.05, 3.63) is 20.8 Å². The van der Waals surface area contributed by atoms with Gasteiger partial charge in [0.2, 0.25) is 16.0 Å². The van der Waals surface area contributed by atoms with Gasteiger partial charge in [0.25, 0.3) is 5.56 Å². The normalized spacial score (nSPS) is 18.6. The first-order valence-corrected chi connectivity index (χ1v) is 12.7. The second-order valence-electron chi connectivity index (χ2n) is 7.55. The molecule has 1 aliphatic heterocycles. The molecule has 0 aromatic carbocycles. The Morgan fingerprint density at radius 3 is 2.46 bits per heavy atom. The Morgan fingerprint density at radius 1 is 1.07 bits per heavy atom. The van der Waals surface area contributed by atoms with Crippen molar-refractivity contribution in [2.24, 2.45) is 0 Å². The van der Waals surface area contributed by atoms with E-state index in [-0.39, 0.29) is 11.3 Å². The lowest BCUT2D eigenvalue weighted by Crippen LogP contribution is -2.50. The molecule has 0 atom stereocenters. The third-order valence-electron chi connectivity index (χ3n) is 5.78. The van der Waals surface area contributed by atoms with Crippen molar-refractivity contribution in [3.63, 3.8) is 0 Å². The van der Waals surface area contributed by atoms with E-state index in [1.807, 2.05) is 4.57 Å². The van der Waals surface area contributed by atoms with E-state index in [4.69, 9.17) is 4.98 Å². The van der Waals surface area contributed by atoms with Crippen molar-refractivity contribution < 1.29 is 8.42 Å². The molecule has 1 fully saturated rings. The quantitative estimate of drug-likeness (QED) is 0.736. The fourth-order valence-electron chi connectivity index (χ4n) is 4.24. The summed E-state index contributed by atoms with van der Waals surface area (Å²) in [5.74, 6) is 0.824. The van der Waals surface area contributed by atoms with Crippen LogP contribution in [-0.4, -0.2) is 54.2 Å². The third-order valence-corrected chi connectivity index (χ3v) is 8.85. The molecule has 0 unspecified atom stereocenters. The first kappa shape index (κ1) is 19.8. The summed E-state index contributed by atoms with van der Waals surface area (Å²) in [6, 6.07) is 0. The molecule has 4 rings (SSSR count). The highest BCUT2D eigenvalue weighted by atomic mass is 32.2. The number of hydrogen-bond donors (Lipinski definition) is 0. The number of rotatable bonds is 5. The predicted molar refractivity (Wildman–Crippen MR) is 114 cm³/mol. The van der Waals surface area contributed by atoms with Crippen LogP contribution in [0.15, 0.2) is 4.79 Å². The highest BCUT2D eigenvalue weighted by Gasteiger charge is 2.29. The monoisotopic (exact) mass is 424 g/mol. The van der Waals surface area contributed by atoms with Gasteiger partial charge >= 0.3 is 0 Å². The third kappa shape index (κ3) is 3.37. The molecular formula is C19H28N4O3S2. The van der Waals surface area contributed by atoms with E-state index in [2.05, 4.69) is 11.8 Å². The minimum absolute atomic E-state index is 0.0739. The number of aryl methyl sites for hydroxylation is 2. The van der Waals surface area contributed by atoms with Gasteiger partial charge in [-0.2, -0.15) is 4.31 Å². The van der Waals surface area contributed by atoms with E-state index >= 15 is 0 Å². The topological polar surface area (TPSA) is 75.5 Å². The number of sulfonamides is 1. The minimum atomic E-state index is -3.17. The highest BCUT2D eigenvalue weighted by Crippen LogP contribution is 2.34. The second kappa shape index (κ2) is 7.76. The number of hydrogen-bond acceptors (Lipinski definition) is 6. The van der Waals surface area contributed by atoms with Gasteiger partial charge in [-0.1, -0.05) is 6.92 Å². The van der Waals surface area contributed by atoms with Crippen LogP contribution < -0.4 is 10.5 Å². The molecule has 154 valence electrons. The van der Waals surface area contributed by atoms with E-state index in [1.165, 1.54) is 16.9 Å². The van der Waals surface area contributed by atoms with E-state index in [0.29, 0.717) is 38.7 Å². The summed E-state index contributed by atoms with van der Waals surface area (Å²) in [5.41, 5.74) is 1.30. The number of thiophene rings is 1. The summed E-state index contributed by atoms with van der Waals surface area (Å²) in [5, 5.41) is 0.823. The van der Waals surface area contributed by atoms with Gasteiger partial charge in [0, 0.05) is 37.6 Å². The van der Waals surface area contributed by atoms with Gasteiger partial charge in [0.15, 0.2) is 0 Å². The van der Waals surface area contributed by atoms with E-state index in [0.717, 1.165) is 35.9 Å². The smallest absolute Gasteiger partial charge is 0.263 e. The fraction of sp³-hybridized carbons (Fsp3) is 0.684. The molecule has 2 aromatic heterocycles. The molecule has 7 nitrogen and oxygen atoms in total. The zero-order chi connectivity index (χ0) is 19.9. The molecule has 0 saturated carbocycles. The first-order valence-electron chi connectivity index (χ1n) is 10.2. The lowest BCUT2D eigenvalue weighted by molar-refractivity contribution is 0.380. The fourth-order valence-corrected chi connectivity index (χ4v) is 6.57. The van der Waals surface area contributed by atoms with Crippen LogP contribution in [0.25, 0.3) is 10.2 Å². The van der Waals surface area contributed by atoms with Crippen LogP contribution in [0.4, 0.5) is 5.95 Å². The Balaban J connectivity index is 1.73. The van der Waals surface area contributed by atoms with Crippen LogP contribution in [-0.2, 0) is 29.4 Å².